The van der Waals surface area contributed by atoms with E-state index in [1.807, 2.05) is 29.8 Å². The van der Waals surface area contributed by atoms with E-state index in [0.717, 1.165) is 22.1 Å². The molecule has 76 valence electrons. The fourth-order valence-corrected chi connectivity index (χ4v) is 1.79. The standard InChI is InChI=1S/C11H9BrN2O/c1-8-5-14(7-13-8)11-3-2-10(12)4-9(11)6-15/h2-7H,1H3. The van der Waals surface area contributed by atoms with Gasteiger partial charge in [-0.25, -0.2) is 4.98 Å². The minimum atomic E-state index is 0.641. The molecule has 3 nitrogen and oxygen atoms in total. The second kappa shape index (κ2) is 3.98. The first-order chi connectivity index (χ1) is 7.20. The van der Waals surface area contributed by atoms with Crippen LogP contribution in [0.3, 0.4) is 0 Å². The van der Waals surface area contributed by atoms with Crippen molar-refractivity contribution < 1.29 is 4.79 Å². The minimum Gasteiger partial charge on any atom is -0.305 e. The first-order valence-electron chi connectivity index (χ1n) is 4.46. The van der Waals surface area contributed by atoms with E-state index in [9.17, 15) is 4.79 Å². The highest BCUT2D eigenvalue weighted by Gasteiger charge is 2.04. The van der Waals surface area contributed by atoms with Crippen molar-refractivity contribution in [1.82, 2.24) is 9.55 Å². The van der Waals surface area contributed by atoms with Gasteiger partial charge in [-0.2, -0.15) is 0 Å². The third-order valence-electron chi connectivity index (χ3n) is 2.11. The maximum atomic E-state index is 10.9. The van der Waals surface area contributed by atoms with Gasteiger partial charge in [-0.1, -0.05) is 15.9 Å². The number of hydrogen-bond acceptors (Lipinski definition) is 2. The van der Waals surface area contributed by atoms with E-state index < -0.39 is 0 Å². The third-order valence-corrected chi connectivity index (χ3v) is 2.60. The van der Waals surface area contributed by atoms with Crippen molar-refractivity contribution in [2.24, 2.45) is 0 Å². The van der Waals surface area contributed by atoms with Crippen molar-refractivity contribution in [3.63, 3.8) is 0 Å². The molecule has 0 aliphatic rings. The fourth-order valence-electron chi connectivity index (χ4n) is 1.41. The van der Waals surface area contributed by atoms with Gasteiger partial charge >= 0.3 is 0 Å². The Bertz CT molecular complexity index is 505. The largest absolute Gasteiger partial charge is 0.305 e. The number of aromatic nitrogens is 2. The number of benzene rings is 1. The number of halogens is 1. The van der Waals surface area contributed by atoms with Crippen LogP contribution in [0.4, 0.5) is 0 Å². The predicted molar refractivity (Wildman–Crippen MR) is 61.4 cm³/mol. The molecule has 0 aliphatic heterocycles. The highest BCUT2D eigenvalue weighted by atomic mass is 79.9. The van der Waals surface area contributed by atoms with Crippen LogP contribution < -0.4 is 0 Å². The summed E-state index contributed by atoms with van der Waals surface area (Å²) in [4.78, 5) is 15.0. The van der Waals surface area contributed by atoms with Crippen LogP contribution in [0.15, 0.2) is 35.2 Å². The summed E-state index contributed by atoms with van der Waals surface area (Å²) in [6, 6.07) is 5.57. The number of carbonyl (C=O) groups excluding carboxylic acids is 1. The minimum absolute atomic E-state index is 0.641. The average Bonchev–Trinajstić information content (AvgIpc) is 2.64. The van der Waals surface area contributed by atoms with E-state index in [0.29, 0.717) is 5.56 Å². The van der Waals surface area contributed by atoms with Gasteiger partial charge in [-0.3, -0.25) is 4.79 Å². The van der Waals surface area contributed by atoms with Gasteiger partial charge in [0, 0.05) is 16.2 Å². The summed E-state index contributed by atoms with van der Waals surface area (Å²) in [6.45, 7) is 1.91. The summed E-state index contributed by atoms with van der Waals surface area (Å²) < 4.78 is 2.73. The van der Waals surface area contributed by atoms with E-state index in [2.05, 4.69) is 20.9 Å². The van der Waals surface area contributed by atoms with Gasteiger partial charge in [0.15, 0.2) is 6.29 Å². The van der Waals surface area contributed by atoms with Gasteiger partial charge in [-0.15, -0.1) is 0 Å². The normalized spacial score (nSPS) is 10.3. The number of aryl methyl sites for hydroxylation is 1. The molecule has 0 fully saturated rings. The van der Waals surface area contributed by atoms with E-state index in [1.165, 1.54) is 0 Å². The monoisotopic (exact) mass is 264 g/mol. The lowest BCUT2D eigenvalue weighted by Crippen LogP contribution is -1.96. The van der Waals surface area contributed by atoms with Gasteiger partial charge in [0.25, 0.3) is 0 Å². The SMILES string of the molecule is Cc1cn(-c2ccc(Br)cc2C=O)cn1. The van der Waals surface area contributed by atoms with Crippen molar-refractivity contribution in [2.75, 3.05) is 0 Å². The number of aldehydes is 1. The second-order valence-electron chi connectivity index (χ2n) is 3.24. The van der Waals surface area contributed by atoms with E-state index in [1.54, 1.807) is 12.4 Å². The first kappa shape index (κ1) is 10.1. The van der Waals surface area contributed by atoms with Gasteiger partial charge in [0.2, 0.25) is 0 Å². The Morgan fingerprint density at radius 2 is 2.27 bits per heavy atom. The number of rotatable bonds is 2. The Morgan fingerprint density at radius 3 is 2.87 bits per heavy atom. The number of nitrogens with zero attached hydrogens (tertiary/aromatic N) is 2. The molecule has 2 aromatic rings. The lowest BCUT2D eigenvalue weighted by molar-refractivity contribution is 0.112. The Balaban J connectivity index is 2.57. The van der Waals surface area contributed by atoms with Gasteiger partial charge in [0.05, 0.1) is 17.7 Å². The lowest BCUT2D eigenvalue weighted by Gasteiger charge is -2.05. The topological polar surface area (TPSA) is 34.9 Å². The molecule has 0 aliphatic carbocycles. The zero-order valence-electron chi connectivity index (χ0n) is 8.14. The molecule has 15 heavy (non-hydrogen) atoms. The molecule has 1 aromatic carbocycles. The van der Waals surface area contributed by atoms with E-state index in [-0.39, 0.29) is 0 Å². The van der Waals surface area contributed by atoms with E-state index in [4.69, 9.17) is 0 Å². The third kappa shape index (κ3) is 1.99. The van der Waals surface area contributed by atoms with Gasteiger partial charge in [0.1, 0.15) is 0 Å². The van der Waals surface area contributed by atoms with Crippen LogP contribution in [0.25, 0.3) is 5.69 Å². The molecule has 0 saturated carbocycles. The highest BCUT2D eigenvalue weighted by molar-refractivity contribution is 9.10. The summed E-state index contributed by atoms with van der Waals surface area (Å²) >= 11 is 3.33. The molecule has 0 bridgehead atoms. The summed E-state index contributed by atoms with van der Waals surface area (Å²) in [5.41, 5.74) is 2.41. The molecule has 0 N–H and O–H groups in total. The quantitative estimate of drug-likeness (QED) is 0.782. The molecule has 1 heterocycles. The van der Waals surface area contributed by atoms with Crippen LogP contribution in [-0.4, -0.2) is 15.8 Å². The maximum Gasteiger partial charge on any atom is 0.152 e. The lowest BCUT2D eigenvalue weighted by atomic mass is 10.2. The van der Waals surface area contributed by atoms with Crippen LogP contribution in [0.2, 0.25) is 0 Å². The Hall–Kier alpha value is -1.42. The van der Waals surface area contributed by atoms with Crippen LogP contribution in [0.5, 0.6) is 0 Å². The highest BCUT2D eigenvalue weighted by Crippen LogP contribution is 2.18. The van der Waals surface area contributed by atoms with Crippen LogP contribution >= 0.6 is 15.9 Å². The zero-order chi connectivity index (χ0) is 10.8. The molecule has 0 spiro atoms. The molecule has 4 heteroatoms. The number of carbonyl (C=O) groups is 1. The Morgan fingerprint density at radius 1 is 1.47 bits per heavy atom. The Labute approximate surface area is 95.9 Å². The van der Waals surface area contributed by atoms with Crippen molar-refractivity contribution >= 4 is 22.2 Å². The second-order valence-corrected chi connectivity index (χ2v) is 4.16. The van der Waals surface area contributed by atoms with Crippen molar-refractivity contribution in [3.8, 4) is 5.69 Å². The summed E-state index contributed by atoms with van der Waals surface area (Å²) in [5, 5.41) is 0. The number of imidazole rings is 1. The first-order valence-corrected chi connectivity index (χ1v) is 5.25. The number of hydrogen-bond donors (Lipinski definition) is 0. The molecule has 0 unspecified atom stereocenters. The maximum absolute atomic E-state index is 10.9. The van der Waals surface area contributed by atoms with Gasteiger partial charge < -0.3 is 4.57 Å². The van der Waals surface area contributed by atoms with Crippen LogP contribution in [-0.2, 0) is 0 Å². The molecular formula is C11H9BrN2O. The van der Waals surface area contributed by atoms with Crippen molar-refractivity contribution in [2.45, 2.75) is 6.92 Å². The smallest absolute Gasteiger partial charge is 0.152 e. The average molecular weight is 265 g/mol. The van der Waals surface area contributed by atoms with Crippen molar-refractivity contribution in [1.29, 1.82) is 0 Å². The fraction of sp³-hybridized carbons (Fsp3) is 0.0909. The molecule has 0 atom stereocenters. The summed E-state index contributed by atoms with van der Waals surface area (Å²) in [5.74, 6) is 0. The molecule has 0 saturated heterocycles. The van der Waals surface area contributed by atoms with Crippen molar-refractivity contribution in [3.05, 3.63) is 46.5 Å². The van der Waals surface area contributed by atoms with Crippen LogP contribution in [0.1, 0.15) is 16.1 Å². The molecule has 1 aromatic heterocycles. The van der Waals surface area contributed by atoms with E-state index >= 15 is 0 Å². The molecular weight excluding hydrogens is 256 g/mol. The summed E-state index contributed by atoms with van der Waals surface area (Å²) in [7, 11) is 0. The molecule has 2 rings (SSSR count). The molecule has 0 radical (unpaired) electrons. The molecule has 0 amide bonds. The summed E-state index contributed by atoms with van der Waals surface area (Å²) in [6.07, 6.45) is 4.43. The Kier molecular flexibility index (Phi) is 2.68. The zero-order valence-corrected chi connectivity index (χ0v) is 9.73. The van der Waals surface area contributed by atoms with Gasteiger partial charge in [-0.05, 0) is 25.1 Å². The predicted octanol–water partition coefficient (Wildman–Crippen LogP) is 2.76. The van der Waals surface area contributed by atoms with Crippen LogP contribution in [0, 0.1) is 6.92 Å².